The van der Waals surface area contributed by atoms with Gasteiger partial charge < -0.3 is 10.5 Å². The molecule has 14 heavy (non-hydrogen) atoms. The highest BCUT2D eigenvalue weighted by molar-refractivity contribution is 7.90. The van der Waals surface area contributed by atoms with E-state index in [1.807, 2.05) is 0 Å². The summed E-state index contributed by atoms with van der Waals surface area (Å²) in [6.07, 6.45) is 1.27. The number of carbonyl (C=O) groups is 1. The Labute approximate surface area is 84.5 Å². The van der Waals surface area contributed by atoms with Crippen molar-refractivity contribution < 1.29 is 17.9 Å². The smallest absolute Gasteiger partial charge is 0.405 e. The molecule has 0 spiro atoms. The molecule has 0 aliphatic rings. The van der Waals surface area contributed by atoms with Crippen molar-refractivity contribution in [2.24, 2.45) is 5.73 Å². The fourth-order valence-corrected chi connectivity index (χ4v) is 1.75. The van der Waals surface area contributed by atoms with Crippen LogP contribution in [0.15, 0.2) is 0 Å². The van der Waals surface area contributed by atoms with E-state index in [0.717, 1.165) is 0 Å². The van der Waals surface area contributed by atoms with E-state index in [2.05, 4.69) is 0 Å². The fraction of sp³-hybridized carbons (Fsp3) is 0.875. The summed E-state index contributed by atoms with van der Waals surface area (Å²) in [7, 11) is -2.95. The third kappa shape index (κ3) is 7.85. The first kappa shape index (κ1) is 13.2. The van der Waals surface area contributed by atoms with Crippen LogP contribution in [0.25, 0.3) is 0 Å². The van der Waals surface area contributed by atoms with Crippen LogP contribution in [-0.4, -0.2) is 32.1 Å². The van der Waals surface area contributed by atoms with Gasteiger partial charge in [0.1, 0.15) is 15.4 Å². The SMILES string of the molecule is CC(C)(CCCS(C)(=O)=O)OC(N)=O. The molecule has 0 saturated heterocycles. The summed E-state index contributed by atoms with van der Waals surface area (Å²) in [6, 6.07) is 0. The third-order valence-electron chi connectivity index (χ3n) is 1.67. The molecule has 0 bridgehead atoms. The van der Waals surface area contributed by atoms with E-state index in [9.17, 15) is 13.2 Å². The Morgan fingerprint density at radius 3 is 2.29 bits per heavy atom. The van der Waals surface area contributed by atoms with E-state index in [0.29, 0.717) is 12.8 Å². The van der Waals surface area contributed by atoms with Crippen molar-refractivity contribution in [1.82, 2.24) is 0 Å². The van der Waals surface area contributed by atoms with Crippen molar-refractivity contribution in [1.29, 1.82) is 0 Å². The Morgan fingerprint density at radius 1 is 1.43 bits per heavy atom. The van der Waals surface area contributed by atoms with E-state index in [1.54, 1.807) is 13.8 Å². The number of sulfone groups is 1. The molecular formula is C8H17NO4S. The van der Waals surface area contributed by atoms with Gasteiger partial charge in [0.15, 0.2) is 0 Å². The van der Waals surface area contributed by atoms with Gasteiger partial charge in [0.25, 0.3) is 0 Å². The molecule has 5 nitrogen and oxygen atoms in total. The normalized spacial score (nSPS) is 12.5. The van der Waals surface area contributed by atoms with Gasteiger partial charge in [0.05, 0.1) is 5.75 Å². The molecule has 2 N–H and O–H groups in total. The molecule has 0 rings (SSSR count). The highest BCUT2D eigenvalue weighted by Gasteiger charge is 2.21. The van der Waals surface area contributed by atoms with E-state index in [1.165, 1.54) is 6.26 Å². The van der Waals surface area contributed by atoms with Crippen LogP contribution in [0.5, 0.6) is 0 Å². The number of nitrogens with two attached hydrogens (primary N) is 1. The molecule has 0 aromatic rings. The Balaban J connectivity index is 3.94. The molecule has 0 aliphatic carbocycles. The van der Waals surface area contributed by atoms with Crippen molar-refractivity contribution in [3.63, 3.8) is 0 Å². The van der Waals surface area contributed by atoms with Gasteiger partial charge in [-0.3, -0.25) is 0 Å². The van der Waals surface area contributed by atoms with Gasteiger partial charge in [-0.25, -0.2) is 13.2 Å². The topological polar surface area (TPSA) is 86.5 Å². The largest absolute Gasteiger partial charge is 0.444 e. The van der Waals surface area contributed by atoms with Crippen LogP contribution in [0.1, 0.15) is 26.7 Å². The lowest BCUT2D eigenvalue weighted by Gasteiger charge is -2.23. The Morgan fingerprint density at radius 2 is 1.93 bits per heavy atom. The van der Waals surface area contributed by atoms with Crippen LogP contribution in [-0.2, 0) is 14.6 Å². The molecular weight excluding hydrogens is 206 g/mol. The minimum atomic E-state index is -2.95. The van der Waals surface area contributed by atoms with Gasteiger partial charge in [0.2, 0.25) is 0 Å². The number of ether oxygens (including phenoxy) is 1. The number of carbonyl (C=O) groups excluding carboxylic acids is 1. The zero-order chi connectivity index (χ0) is 11.4. The van der Waals surface area contributed by atoms with Gasteiger partial charge in [-0.05, 0) is 26.7 Å². The number of amides is 1. The number of hydrogen-bond acceptors (Lipinski definition) is 4. The van der Waals surface area contributed by atoms with Crippen LogP contribution in [0, 0.1) is 0 Å². The second-order valence-electron chi connectivity index (χ2n) is 3.91. The molecule has 0 radical (unpaired) electrons. The van der Waals surface area contributed by atoms with Crippen LogP contribution < -0.4 is 5.73 Å². The zero-order valence-electron chi connectivity index (χ0n) is 8.74. The summed E-state index contributed by atoms with van der Waals surface area (Å²) in [5.41, 5.74) is 4.16. The first-order chi connectivity index (χ1) is 6.12. The molecule has 0 atom stereocenters. The van der Waals surface area contributed by atoms with E-state index in [4.69, 9.17) is 10.5 Å². The molecule has 84 valence electrons. The van der Waals surface area contributed by atoms with Gasteiger partial charge in [-0.1, -0.05) is 0 Å². The van der Waals surface area contributed by atoms with Crippen LogP contribution in [0.2, 0.25) is 0 Å². The van der Waals surface area contributed by atoms with Crippen molar-refractivity contribution in [3.05, 3.63) is 0 Å². The Kier molecular flexibility index (Phi) is 4.38. The van der Waals surface area contributed by atoms with Gasteiger partial charge in [-0.15, -0.1) is 0 Å². The molecule has 0 heterocycles. The predicted molar refractivity (Wildman–Crippen MR) is 53.7 cm³/mol. The molecule has 0 aromatic heterocycles. The van der Waals surface area contributed by atoms with Crippen molar-refractivity contribution in [2.75, 3.05) is 12.0 Å². The standard InChI is InChI=1S/C8H17NO4S/c1-8(2,13-7(9)10)5-4-6-14(3,11)12/h4-6H2,1-3H3,(H2,9,10). The maximum Gasteiger partial charge on any atom is 0.405 e. The second kappa shape index (κ2) is 4.63. The second-order valence-corrected chi connectivity index (χ2v) is 6.17. The van der Waals surface area contributed by atoms with Gasteiger partial charge in [-0.2, -0.15) is 0 Å². The highest BCUT2D eigenvalue weighted by Crippen LogP contribution is 2.16. The monoisotopic (exact) mass is 223 g/mol. The lowest BCUT2D eigenvalue weighted by atomic mass is 10.0. The quantitative estimate of drug-likeness (QED) is 0.742. The summed E-state index contributed by atoms with van der Waals surface area (Å²) >= 11 is 0. The molecule has 0 aliphatic heterocycles. The Hall–Kier alpha value is -0.780. The molecule has 0 unspecified atom stereocenters. The average molecular weight is 223 g/mol. The summed E-state index contributed by atoms with van der Waals surface area (Å²) in [5.74, 6) is 0.0958. The summed E-state index contributed by atoms with van der Waals surface area (Å²) in [4.78, 5) is 10.5. The Bertz CT molecular complexity index is 294. The molecule has 6 heteroatoms. The fourth-order valence-electron chi connectivity index (χ4n) is 1.08. The van der Waals surface area contributed by atoms with Crippen molar-refractivity contribution in [3.8, 4) is 0 Å². The minimum absolute atomic E-state index is 0.0958. The van der Waals surface area contributed by atoms with Crippen molar-refractivity contribution >= 4 is 15.9 Å². The first-order valence-corrected chi connectivity index (χ1v) is 6.35. The highest BCUT2D eigenvalue weighted by atomic mass is 32.2. The van der Waals surface area contributed by atoms with E-state index in [-0.39, 0.29) is 5.75 Å². The van der Waals surface area contributed by atoms with Crippen LogP contribution in [0.3, 0.4) is 0 Å². The maximum atomic E-state index is 10.8. The van der Waals surface area contributed by atoms with Crippen LogP contribution >= 0.6 is 0 Å². The van der Waals surface area contributed by atoms with Gasteiger partial charge in [0, 0.05) is 6.26 Å². The van der Waals surface area contributed by atoms with Crippen LogP contribution in [0.4, 0.5) is 4.79 Å². The summed E-state index contributed by atoms with van der Waals surface area (Å²) in [5, 5.41) is 0. The summed E-state index contributed by atoms with van der Waals surface area (Å²) in [6.45, 7) is 3.39. The number of hydrogen-bond donors (Lipinski definition) is 1. The molecule has 0 aromatic carbocycles. The van der Waals surface area contributed by atoms with Gasteiger partial charge >= 0.3 is 6.09 Å². The maximum absolute atomic E-state index is 10.8. The van der Waals surface area contributed by atoms with E-state index < -0.39 is 21.5 Å². The lowest BCUT2D eigenvalue weighted by molar-refractivity contribution is 0.0388. The number of rotatable bonds is 5. The zero-order valence-corrected chi connectivity index (χ0v) is 9.56. The third-order valence-corrected chi connectivity index (χ3v) is 2.70. The molecule has 0 saturated carbocycles. The van der Waals surface area contributed by atoms with Crippen molar-refractivity contribution in [2.45, 2.75) is 32.3 Å². The summed E-state index contributed by atoms with van der Waals surface area (Å²) < 4.78 is 26.4. The minimum Gasteiger partial charge on any atom is -0.444 e. The molecule has 1 amide bonds. The molecule has 0 fully saturated rings. The average Bonchev–Trinajstić information content (AvgIpc) is 1.78. The first-order valence-electron chi connectivity index (χ1n) is 4.28. The van der Waals surface area contributed by atoms with E-state index >= 15 is 0 Å². The predicted octanol–water partition coefficient (Wildman–Crippen LogP) is 0.685. The number of primary amides is 1. The lowest BCUT2D eigenvalue weighted by Crippen LogP contribution is -2.31.